The summed E-state index contributed by atoms with van der Waals surface area (Å²) in [4.78, 5) is 0. The van der Waals surface area contributed by atoms with E-state index in [4.69, 9.17) is 0 Å². The predicted molar refractivity (Wildman–Crippen MR) is 136 cm³/mol. The summed E-state index contributed by atoms with van der Waals surface area (Å²) in [7, 11) is 0. The molecule has 0 aliphatic rings. The summed E-state index contributed by atoms with van der Waals surface area (Å²) in [5, 5.41) is 2.33. The number of unbranched alkanes of at least 4 members (excludes halogenated alkanes) is 14. The molecule has 2 heteroatoms. The van der Waals surface area contributed by atoms with Crippen LogP contribution in [0.2, 0.25) is 0 Å². The Morgan fingerprint density at radius 2 is 1.13 bits per heavy atom. The molecule has 1 aromatic rings. The second-order valence-electron chi connectivity index (χ2n) is 8.70. The van der Waals surface area contributed by atoms with Gasteiger partial charge in [0.25, 0.3) is 0 Å². The molecule has 0 aliphatic heterocycles. The lowest BCUT2D eigenvalue weighted by Gasteiger charge is -2.22. The number of rotatable bonds is 21. The molecule has 30 heavy (non-hydrogen) atoms. The van der Waals surface area contributed by atoms with Crippen molar-refractivity contribution < 1.29 is 0 Å². The van der Waals surface area contributed by atoms with E-state index in [9.17, 15) is 0 Å². The number of allylic oxidation sites excluding steroid dienone is 2. The van der Waals surface area contributed by atoms with Crippen molar-refractivity contribution in [1.29, 1.82) is 0 Å². The zero-order chi connectivity index (χ0) is 21.5. The van der Waals surface area contributed by atoms with Gasteiger partial charge in [-0.2, -0.15) is 0 Å². The molecule has 0 radical (unpaired) electrons. The van der Waals surface area contributed by atoms with E-state index in [1.807, 2.05) is 0 Å². The summed E-state index contributed by atoms with van der Waals surface area (Å²) in [6.07, 6.45) is 26.9. The van der Waals surface area contributed by atoms with Crippen LogP contribution in [0.15, 0.2) is 42.5 Å². The molecule has 0 heterocycles. The largest absolute Gasteiger partial charge is 0.319 e. The first-order valence-electron chi connectivity index (χ1n) is 13.1. The molecule has 0 saturated carbocycles. The van der Waals surface area contributed by atoms with Gasteiger partial charge in [0.1, 0.15) is 0 Å². The molecular weight excluding hydrogens is 364 g/mol. The molecular formula is C28H50N2. The minimum Gasteiger partial charge on any atom is -0.319 e. The Morgan fingerprint density at radius 1 is 0.633 bits per heavy atom. The van der Waals surface area contributed by atoms with Gasteiger partial charge in [0.15, 0.2) is 0 Å². The van der Waals surface area contributed by atoms with Crippen molar-refractivity contribution in [3.63, 3.8) is 0 Å². The SMILES string of the molecule is CCCCCCCC/C=C\CCCCCCCCCCN(CC)Nc1ccccc1. The van der Waals surface area contributed by atoms with Crippen LogP contribution in [0.4, 0.5) is 5.69 Å². The summed E-state index contributed by atoms with van der Waals surface area (Å²) in [6, 6.07) is 10.5. The third-order valence-corrected chi connectivity index (χ3v) is 5.88. The first kappa shape index (κ1) is 26.8. The second-order valence-corrected chi connectivity index (χ2v) is 8.70. The van der Waals surface area contributed by atoms with Gasteiger partial charge >= 0.3 is 0 Å². The maximum absolute atomic E-state index is 3.51. The number of anilines is 1. The van der Waals surface area contributed by atoms with Crippen LogP contribution in [-0.2, 0) is 0 Å². The molecule has 2 nitrogen and oxygen atoms in total. The molecule has 1 rings (SSSR count). The van der Waals surface area contributed by atoms with Gasteiger partial charge in [0.05, 0.1) is 0 Å². The van der Waals surface area contributed by atoms with Crippen LogP contribution in [0, 0.1) is 0 Å². The molecule has 0 bridgehead atoms. The average Bonchev–Trinajstić information content (AvgIpc) is 2.78. The topological polar surface area (TPSA) is 15.3 Å². The molecule has 0 atom stereocenters. The van der Waals surface area contributed by atoms with Gasteiger partial charge in [-0.25, -0.2) is 5.01 Å². The van der Waals surface area contributed by atoms with Crippen LogP contribution >= 0.6 is 0 Å². The van der Waals surface area contributed by atoms with Crippen molar-refractivity contribution in [2.24, 2.45) is 0 Å². The Balaban J connectivity index is 1.82. The maximum atomic E-state index is 3.51. The first-order chi connectivity index (χ1) is 14.9. The van der Waals surface area contributed by atoms with Crippen LogP contribution in [0.5, 0.6) is 0 Å². The van der Waals surface area contributed by atoms with Gasteiger partial charge in [0, 0.05) is 18.8 Å². The smallest absolute Gasteiger partial charge is 0.0490 e. The molecule has 172 valence electrons. The Hall–Kier alpha value is -1.28. The zero-order valence-corrected chi connectivity index (χ0v) is 20.2. The first-order valence-corrected chi connectivity index (χ1v) is 13.1. The van der Waals surface area contributed by atoms with Gasteiger partial charge < -0.3 is 5.43 Å². The molecule has 0 amide bonds. The number of hydrogen-bond acceptors (Lipinski definition) is 2. The minimum atomic E-state index is 1.04. The van der Waals surface area contributed by atoms with E-state index in [1.165, 1.54) is 108 Å². The van der Waals surface area contributed by atoms with E-state index in [-0.39, 0.29) is 0 Å². The van der Waals surface area contributed by atoms with E-state index >= 15 is 0 Å². The highest BCUT2D eigenvalue weighted by molar-refractivity contribution is 5.41. The van der Waals surface area contributed by atoms with Crippen molar-refractivity contribution in [3.8, 4) is 0 Å². The highest BCUT2D eigenvalue weighted by Gasteiger charge is 2.01. The van der Waals surface area contributed by atoms with Crippen molar-refractivity contribution in [1.82, 2.24) is 5.01 Å². The van der Waals surface area contributed by atoms with E-state index in [1.54, 1.807) is 0 Å². The fraction of sp³-hybridized carbons (Fsp3) is 0.714. The maximum Gasteiger partial charge on any atom is 0.0490 e. The number of hydrazine groups is 1. The highest BCUT2D eigenvalue weighted by Crippen LogP contribution is 2.12. The second kappa shape index (κ2) is 21.0. The van der Waals surface area contributed by atoms with Crippen LogP contribution in [0.25, 0.3) is 0 Å². The Morgan fingerprint density at radius 3 is 1.67 bits per heavy atom. The molecule has 0 spiro atoms. The number of para-hydroxylation sites is 1. The van der Waals surface area contributed by atoms with Crippen molar-refractivity contribution >= 4 is 5.69 Å². The number of nitrogens with one attached hydrogen (secondary N) is 1. The van der Waals surface area contributed by atoms with Crippen molar-refractivity contribution in [2.45, 2.75) is 117 Å². The number of hydrogen-bond donors (Lipinski definition) is 1. The van der Waals surface area contributed by atoms with Crippen LogP contribution in [0.3, 0.4) is 0 Å². The Labute approximate surface area is 188 Å². The standard InChI is InChI=1S/C28H50N2/c1-3-5-6-7-8-9-10-11-12-13-14-15-16-17-18-19-20-24-27-30(4-2)29-28-25-22-21-23-26-28/h11-12,21-23,25-26,29H,3-10,13-20,24,27H2,1-2H3/b12-11-. The normalized spacial score (nSPS) is 11.6. The highest BCUT2D eigenvalue weighted by atomic mass is 15.5. The molecule has 1 N–H and O–H groups in total. The number of benzene rings is 1. The van der Waals surface area contributed by atoms with E-state index in [2.05, 4.69) is 66.8 Å². The summed E-state index contributed by atoms with van der Waals surface area (Å²) in [5.41, 5.74) is 4.70. The summed E-state index contributed by atoms with van der Waals surface area (Å²) < 4.78 is 0. The molecule has 0 fully saturated rings. The molecule has 0 unspecified atom stereocenters. The van der Waals surface area contributed by atoms with Crippen LogP contribution < -0.4 is 5.43 Å². The molecule has 1 aromatic carbocycles. The molecule has 0 saturated heterocycles. The Kier molecular flexibility index (Phi) is 18.7. The van der Waals surface area contributed by atoms with Crippen LogP contribution in [-0.4, -0.2) is 18.1 Å². The fourth-order valence-electron chi connectivity index (χ4n) is 3.89. The summed E-state index contributed by atoms with van der Waals surface area (Å²) in [5.74, 6) is 0. The number of nitrogens with zero attached hydrogens (tertiary/aromatic N) is 1. The van der Waals surface area contributed by atoms with Gasteiger partial charge in [-0.05, 0) is 44.2 Å². The fourth-order valence-corrected chi connectivity index (χ4v) is 3.89. The van der Waals surface area contributed by atoms with Crippen LogP contribution in [0.1, 0.15) is 117 Å². The quantitative estimate of drug-likeness (QED) is 0.122. The predicted octanol–water partition coefficient (Wildman–Crippen LogP) is 9.15. The van der Waals surface area contributed by atoms with E-state index < -0.39 is 0 Å². The van der Waals surface area contributed by atoms with E-state index in [0.29, 0.717) is 0 Å². The van der Waals surface area contributed by atoms with Crippen molar-refractivity contribution in [3.05, 3.63) is 42.5 Å². The van der Waals surface area contributed by atoms with Gasteiger partial charge in [-0.15, -0.1) is 0 Å². The molecule has 0 aromatic heterocycles. The summed E-state index contributed by atoms with van der Waals surface area (Å²) in [6.45, 7) is 6.69. The van der Waals surface area contributed by atoms with Gasteiger partial charge in [0.2, 0.25) is 0 Å². The lowest BCUT2D eigenvalue weighted by atomic mass is 10.1. The molecule has 0 aliphatic carbocycles. The monoisotopic (exact) mass is 414 g/mol. The zero-order valence-electron chi connectivity index (χ0n) is 20.2. The van der Waals surface area contributed by atoms with E-state index in [0.717, 1.165) is 13.1 Å². The Bertz CT molecular complexity index is 483. The average molecular weight is 415 g/mol. The lowest BCUT2D eigenvalue weighted by molar-refractivity contribution is 0.335. The minimum absolute atomic E-state index is 1.04. The van der Waals surface area contributed by atoms with Gasteiger partial charge in [-0.3, -0.25) is 0 Å². The summed E-state index contributed by atoms with van der Waals surface area (Å²) >= 11 is 0. The van der Waals surface area contributed by atoms with Gasteiger partial charge in [-0.1, -0.05) is 115 Å². The lowest BCUT2D eigenvalue weighted by Crippen LogP contribution is -2.30. The third kappa shape index (κ3) is 16.5. The third-order valence-electron chi connectivity index (χ3n) is 5.88. The van der Waals surface area contributed by atoms with Crippen molar-refractivity contribution in [2.75, 3.05) is 18.5 Å².